The molecule has 0 saturated carbocycles. The number of halogens is 3. The van der Waals surface area contributed by atoms with E-state index in [4.69, 9.17) is 21.7 Å². The Morgan fingerprint density at radius 1 is 1.06 bits per heavy atom. The molecule has 0 aromatic heterocycles. The lowest BCUT2D eigenvalue weighted by Gasteiger charge is -2.23. The number of ether oxygens (including phenoxy) is 2. The summed E-state index contributed by atoms with van der Waals surface area (Å²) in [5.41, 5.74) is 1.76. The van der Waals surface area contributed by atoms with Crippen LogP contribution in [0.15, 0.2) is 78.5 Å². The molecule has 1 fully saturated rings. The van der Waals surface area contributed by atoms with Crippen LogP contribution in [-0.4, -0.2) is 23.0 Å². The summed E-state index contributed by atoms with van der Waals surface area (Å²) in [5.74, 6) is 0.331. The first-order valence-electron chi connectivity index (χ1n) is 11.1. The van der Waals surface area contributed by atoms with Gasteiger partial charge in [0.2, 0.25) is 0 Å². The van der Waals surface area contributed by atoms with E-state index >= 15 is 0 Å². The number of carbonyl (C=O) groups is 1. The number of alkyl halides is 3. The van der Waals surface area contributed by atoms with Crippen molar-refractivity contribution in [2.45, 2.75) is 25.7 Å². The summed E-state index contributed by atoms with van der Waals surface area (Å²) in [7, 11) is 1.49. The van der Waals surface area contributed by atoms with Crippen molar-refractivity contribution in [1.82, 2.24) is 10.2 Å². The zero-order chi connectivity index (χ0) is 25.9. The second-order valence-corrected chi connectivity index (χ2v) is 8.52. The normalized spacial score (nSPS) is 15.7. The van der Waals surface area contributed by atoms with Gasteiger partial charge in [0.25, 0.3) is 5.91 Å². The van der Waals surface area contributed by atoms with Crippen molar-refractivity contribution in [3.05, 3.63) is 101 Å². The number of benzene rings is 3. The number of hydrogen-bond acceptors (Lipinski definition) is 4. The molecule has 1 heterocycles. The van der Waals surface area contributed by atoms with Gasteiger partial charge in [0.05, 0.1) is 18.7 Å². The number of nitrogens with zero attached hydrogens (tertiary/aromatic N) is 1. The SMILES string of the molecule is COc1ccc(/C=C2\NC(=S)N(C(C)c3ccccc3)C2=O)cc1COc1cccc(C(F)(F)F)c1. The molecule has 1 unspecified atom stereocenters. The van der Waals surface area contributed by atoms with Gasteiger partial charge in [-0.1, -0.05) is 42.5 Å². The van der Waals surface area contributed by atoms with Crippen LogP contribution < -0.4 is 14.8 Å². The molecule has 0 radical (unpaired) electrons. The quantitative estimate of drug-likeness (QED) is 0.306. The van der Waals surface area contributed by atoms with E-state index in [9.17, 15) is 18.0 Å². The van der Waals surface area contributed by atoms with Gasteiger partial charge < -0.3 is 14.8 Å². The van der Waals surface area contributed by atoms with Gasteiger partial charge in [-0.2, -0.15) is 13.2 Å². The molecule has 36 heavy (non-hydrogen) atoms. The molecule has 0 aliphatic carbocycles. The lowest BCUT2D eigenvalue weighted by atomic mass is 10.1. The molecule has 1 aliphatic heterocycles. The maximum Gasteiger partial charge on any atom is 0.416 e. The van der Waals surface area contributed by atoms with Crippen molar-refractivity contribution in [2.75, 3.05) is 7.11 Å². The van der Waals surface area contributed by atoms with Gasteiger partial charge >= 0.3 is 6.18 Å². The molecule has 0 bridgehead atoms. The van der Waals surface area contributed by atoms with Crippen molar-refractivity contribution in [1.29, 1.82) is 0 Å². The molecular formula is C27H23F3N2O3S. The smallest absolute Gasteiger partial charge is 0.416 e. The average Bonchev–Trinajstić information content (AvgIpc) is 3.15. The third kappa shape index (κ3) is 5.52. The summed E-state index contributed by atoms with van der Waals surface area (Å²) in [6.45, 7) is 1.87. The Labute approximate surface area is 212 Å². The number of rotatable bonds is 7. The van der Waals surface area contributed by atoms with Gasteiger partial charge in [-0.15, -0.1) is 0 Å². The van der Waals surface area contributed by atoms with E-state index in [0.717, 1.165) is 17.7 Å². The van der Waals surface area contributed by atoms with Crippen molar-refractivity contribution < 1.29 is 27.4 Å². The van der Waals surface area contributed by atoms with E-state index < -0.39 is 11.7 Å². The summed E-state index contributed by atoms with van der Waals surface area (Å²) in [4.78, 5) is 14.7. The predicted octanol–water partition coefficient (Wildman–Crippen LogP) is 6.11. The Balaban J connectivity index is 1.54. The van der Waals surface area contributed by atoms with Crippen molar-refractivity contribution in [3.63, 3.8) is 0 Å². The van der Waals surface area contributed by atoms with Crippen molar-refractivity contribution in [3.8, 4) is 11.5 Å². The highest BCUT2D eigenvalue weighted by Crippen LogP contribution is 2.32. The lowest BCUT2D eigenvalue weighted by molar-refractivity contribution is -0.137. The molecule has 9 heteroatoms. The minimum atomic E-state index is -4.46. The molecule has 4 rings (SSSR count). The minimum absolute atomic E-state index is 0.0293. The Hall–Kier alpha value is -3.85. The molecule has 1 atom stereocenters. The number of methoxy groups -OCH3 is 1. The van der Waals surface area contributed by atoms with Crippen LogP contribution >= 0.6 is 12.2 Å². The topological polar surface area (TPSA) is 50.8 Å². The summed E-state index contributed by atoms with van der Waals surface area (Å²) in [6, 6.07) is 19.2. The first kappa shape index (κ1) is 25.2. The van der Waals surface area contributed by atoms with Crippen LogP contribution in [-0.2, 0) is 17.6 Å². The van der Waals surface area contributed by atoms with E-state index in [2.05, 4.69) is 5.32 Å². The van der Waals surface area contributed by atoms with Crippen LogP contribution in [0, 0.1) is 0 Å². The average molecular weight is 513 g/mol. The Kier molecular flexibility index (Phi) is 7.30. The van der Waals surface area contributed by atoms with Crippen LogP contribution in [0.2, 0.25) is 0 Å². The molecule has 186 valence electrons. The van der Waals surface area contributed by atoms with E-state index in [0.29, 0.717) is 27.7 Å². The monoisotopic (exact) mass is 512 g/mol. The first-order valence-corrected chi connectivity index (χ1v) is 11.5. The highest BCUT2D eigenvalue weighted by Gasteiger charge is 2.35. The summed E-state index contributed by atoms with van der Waals surface area (Å²) >= 11 is 5.42. The fourth-order valence-corrected chi connectivity index (χ4v) is 4.22. The Morgan fingerprint density at radius 2 is 1.81 bits per heavy atom. The second-order valence-electron chi connectivity index (χ2n) is 8.14. The standard InChI is InChI=1S/C27H23F3N2O3S/c1-17(19-7-4-3-5-8-19)32-25(33)23(31-26(32)36)14-18-11-12-24(34-2)20(13-18)16-35-22-10-6-9-21(15-22)27(28,29)30/h3-15,17H,16H2,1-2H3,(H,31,36)/b23-14-. The second kappa shape index (κ2) is 10.4. The maximum absolute atomic E-state index is 13.1. The van der Waals surface area contributed by atoms with Crippen LogP contribution in [0.25, 0.3) is 6.08 Å². The Morgan fingerprint density at radius 3 is 2.50 bits per heavy atom. The zero-order valence-corrected chi connectivity index (χ0v) is 20.3. The minimum Gasteiger partial charge on any atom is -0.496 e. The number of amides is 1. The lowest BCUT2D eigenvalue weighted by Crippen LogP contribution is -2.33. The molecule has 5 nitrogen and oxygen atoms in total. The van der Waals surface area contributed by atoms with E-state index in [1.807, 2.05) is 37.3 Å². The van der Waals surface area contributed by atoms with E-state index in [1.165, 1.54) is 24.1 Å². The number of carbonyl (C=O) groups excluding carboxylic acids is 1. The molecule has 0 spiro atoms. The third-order valence-electron chi connectivity index (χ3n) is 5.75. The van der Waals surface area contributed by atoms with Crippen LogP contribution in [0.4, 0.5) is 13.2 Å². The van der Waals surface area contributed by atoms with Crippen LogP contribution in [0.5, 0.6) is 11.5 Å². The van der Waals surface area contributed by atoms with Crippen LogP contribution in [0.1, 0.15) is 35.2 Å². The highest BCUT2D eigenvalue weighted by molar-refractivity contribution is 7.80. The Bertz CT molecular complexity index is 1310. The summed E-state index contributed by atoms with van der Waals surface area (Å²) in [5, 5.41) is 3.29. The van der Waals surface area contributed by atoms with E-state index in [-0.39, 0.29) is 24.3 Å². The van der Waals surface area contributed by atoms with Crippen LogP contribution in [0.3, 0.4) is 0 Å². The van der Waals surface area contributed by atoms with Gasteiger partial charge in [-0.3, -0.25) is 9.69 Å². The summed E-state index contributed by atoms with van der Waals surface area (Å²) in [6.07, 6.45) is -2.80. The molecule has 3 aromatic carbocycles. The number of hydrogen-bond donors (Lipinski definition) is 1. The molecule has 1 amide bonds. The van der Waals surface area contributed by atoms with Gasteiger partial charge in [0.15, 0.2) is 5.11 Å². The third-order valence-corrected chi connectivity index (χ3v) is 6.05. The zero-order valence-electron chi connectivity index (χ0n) is 19.5. The molecule has 3 aromatic rings. The first-order chi connectivity index (χ1) is 17.2. The molecular weight excluding hydrogens is 489 g/mol. The molecule has 1 N–H and O–H groups in total. The fourth-order valence-electron chi connectivity index (χ4n) is 3.87. The van der Waals surface area contributed by atoms with Gasteiger partial charge in [-0.05, 0) is 66.7 Å². The van der Waals surface area contributed by atoms with Gasteiger partial charge in [-0.25, -0.2) is 0 Å². The fraction of sp³-hybridized carbons (Fsp3) is 0.185. The highest BCUT2D eigenvalue weighted by atomic mass is 32.1. The van der Waals surface area contributed by atoms with Crippen molar-refractivity contribution >= 4 is 29.3 Å². The number of thiocarbonyl (C=S) groups is 1. The number of nitrogens with one attached hydrogen (secondary N) is 1. The summed E-state index contributed by atoms with van der Waals surface area (Å²) < 4.78 is 50.0. The van der Waals surface area contributed by atoms with Gasteiger partial charge in [0, 0.05) is 5.56 Å². The molecule has 1 aliphatic rings. The molecule has 1 saturated heterocycles. The predicted molar refractivity (Wildman–Crippen MR) is 134 cm³/mol. The van der Waals surface area contributed by atoms with Gasteiger partial charge in [0.1, 0.15) is 23.8 Å². The largest absolute Gasteiger partial charge is 0.496 e. The maximum atomic E-state index is 13.1. The van der Waals surface area contributed by atoms with E-state index in [1.54, 1.807) is 24.3 Å². The van der Waals surface area contributed by atoms with Crippen molar-refractivity contribution in [2.24, 2.45) is 0 Å².